The van der Waals surface area contributed by atoms with Crippen molar-refractivity contribution in [1.82, 2.24) is 0 Å². The molecule has 0 fully saturated rings. The molecule has 0 saturated heterocycles. The highest BCUT2D eigenvalue weighted by Gasteiger charge is 2.12. The maximum absolute atomic E-state index is 2.38. The van der Waals surface area contributed by atoms with Crippen LogP contribution in [0.2, 0.25) is 0 Å². The van der Waals surface area contributed by atoms with Crippen LogP contribution in [-0.4, -0.2) is 0 Å². The maximum atomic E-state index is 2.38. The van der Waals surface area contributed by atoms with Crippen molar-refractivity contribution in [3.8, 4) is 33.4 Å². The standard InChI is InChI=1S/C42H26S/c1-2-9-27(10-3-1)30-18-21-41-39(25-30)40-26-32(19-22-42(40)43-41)29-12-8-11-28(23-29)31-17-20-37-35-15-5-4-13-33(35)34-14-6-7-16-36(34)38(37)24-31/h1-26H. The fourth-order valence-electron chi connectivity index (χ4n) is 6.73. The second kappa shape index (κ2) is 9.66. The lowest BCUT2D eigenvalue weighted by atomic mass is 9.91. The topological polar surface area (TPSA) is 0 Å². The first kappa shape index (κ1) is 24.4. The maximum Gasteiger partial charge on any atom is 0.0355 e. The summed E-state index contributed by atoms with van der Waals surface area (Å²) in [4.78, 5) is 0. The first-order valence-corrected chi connectivity index (χ1v) is 15.6. The van der Waals surface area contributed by atoms with Crippen molar-refractivity contribution in [3.05, 3.63) is 158 Å². The Bertz CT molecular complexity index is 2460. The van der Waals surface area contributed by atoms with E-state index in [0.29, 0.717) is 0 Å². The van der Waals surface area contributed by atoms with Gasteiger partial charge in [0.1, 0.15) is 0 Å². The predicted molar refractivity (Wildman–Crippen MR) is 188 cm³/mol. The molecule has 0 atom stereocenters. The Balaban J connectivity index is 1.17. The van der Waals surface area contributed by atoms with Crippen LogP contribution < -0.4 is 0 Å². The first-order chi connectivity index (χ1) is 21.3. The van der Waals surface area contributed by atoms with Gasteiger partial charge in [0.2, 0.25) is 0 Å². The third-order valence-corrected chi connectivity index (χ3v) is 10.0. The van der Waals surface area contributed by atoms with Crippen molar-refractivity contribution in [2.75, 3.05) is 0 Å². The molecule has 0 spiro atoms. The van der Waals surface area contributed by atoms with E-state index in [4.69, 9.17) is 0 Å². The summed E-state index contributed by atoms with van der Waals surface area (Å²) in [6, 6.07) is 58.0. The van der Waals surface area contributed by atoms with E-state index in [0.717, 1.165) is 0 Å². The van der Waals surface area contributed by atoms with Crippen LogP contribution in [0.1, 0.15) is 0 Å². The van der Waals surface area contributed by atoms with E-state index >= 15 is 0 Å². The SMILES string of the molecule is c1ccc(-c2ccc3sc4ccc(-c5cccc(-c6ccc7c8ccccc8c8ccccc8c7c6)c5)cc4c3c2)cc1. The van der Waals surface area contributed by atoms with Gasteiger partial charge in [-0.25, -0.2) is 0 Å². The quantitative estimate of drug-likeness (QED) is 0.188. The molecule has 0 aliphatic carbocycles. The summed E-state index contributed by atoms with van der Waals surface area (Å²) in [5.41, 5.74) is 7.47. The lowest BCUT2D eigenvalue weighted by Crippen LogP contribution is -1.85. The zero-order valence-electron chi connectivity index (χ0n) is 23.4. The average molecular weight is 563 g/mol. The highest BCUT2D eigenvalue weighted by Crippen LogP contribution is 2.40. The van der Waals surface area contributed by atoms with E-state index in [-0.39, 0.29) is 0 Å². The van der Waals surface area contributed by atoms with Crippen molar-refractivity contribution >= 4 is 63.8 Å². The molecule has 0 aliphatic heterocycles. The second-order valence-electron chi connectivity index (χ2n) is 11.3. The molecule has 0 aliphatic rings. The summed E-state index contributed by atoms with van der Waals surface area (Å²) in [6.07, 6.45) is 0. The Hall–Kier alpha value is -5.24. The van der Waals surface area contributed by atoms with Crippen LogP contribution in [0.5, 0.6) is 0 Å². The zero-order valence-corrected chi connectivity index (χ0v) is 24.2. The molecule has 0 saturated carbocycles. The number of hydrogen-bond acceptors (Lipinski definition) is 1. The average Bonchev–Trinajstić information content (AvgIpc) is 3.46. The van der Waals surface area contributed by atoms with Crippen LogP contribution in [-0.2, 0) is 0 Å². The largest absolute Gasteiger partial charge is 0.135 e. The monoisotopic (exact) mass is 562 g/mol. The van der Waals surface area contributed by atoms with Gasteiger partial charge in [0.25, 0.3) is 0 Å². The minimum absolute atomic E-state index is 1.23. The molecule has 0 amide bonds. The highest BCUT2D eigenvalue weighted by molar-refractivity contribution is 7.25. The van der Waals surface area contributed by atoms with Gasteiger partial charge in [-0.1, -0.05) is 121 Å². The van der Waals surface area contributed by atoms with Crippen molar-refractivity contribution in [2.24, 2.45) is 0 Å². The van der Waals surface area contributed by atoms with E-state index in [1.165, 1.54) is 85.9 Å². The normalized spacial score (nSPS) is 11.7. The molecule has 1 heterocycles. The summed E-state index contributed by atoms with van der Waals surface area (Å²) in [7, 11) is 0. The summed E-state index contributed by atoms with van der Waals surface area (Å²) >= 11 is 1.87. The van der Waals surface area contributed by atoms with Gasteiger partial charge in [0.05, 0.1) is 0 Å². The molecule has 1 aromatic heterocycles. The van der Waals surface area contributed by atoms with E-state index in [1.54, 1.807) is 0 Å². The van der Waals surface area contributed by atoms with E-state index < -0.39 is 0 Å². The molecule has 8 aromatic carbocycles. The summed E-state index contributed by atoms with van der Waals surface area (Å²) in [5.74, 6) is 0. The molecule has 0 bridgehead atoms. The van der Waals surface area contributed by atoms with Gasteiger partial charge in [0.15, 0.2) is 0 Å². The fraction of sp³-hybridized carbons (Fsp3) is 0. The van der Waals surface area contributed by atoms with Crippen molar-refractivity contribution < 1.29 is 0 Å². The zero-order chi connectivity index (χ0) is 28.3. The lowest BCUT2D eigenvalue weighted by Gasteiger charge is -2.12. The van der Waals surface area contributed by atoms with Crippen LogP contribution in [0.25, 0.3) is 85.9 Å². The molecule has 43 heavy (non-hydrogen) atoms. The van der Waals surface area contributed by atoms with Crippen molar-refractivity contribution in [3.63, 3.8) is 0 Å². The Kier molecular flexibility index (Phi) is 5.47. The Morgan fingerprint density at radius 1 is 0.233 bits per heavy atom. The van der Waals surface area contributed by atoms with Gasteiger partial charge in [-0.3, -0.25) is 0 Å². The molecule has 9 aromatic rings. The summed E-state index contributed by atoms with van der Waals surface area (Å²) in [5, 5.41) is 10.5. The number of fused-ring (bicyclic) bond motifs is 9. The second-order valence-corrected chi connectivity index (χ2v) is 12.4. The minimum atomic E-state index is 1.23. The first-order valence-electron chi connectivity index (χ1n) is 14.8. The van der Waals surface area contributed by atoms with Crippen LogP contribution >= 0.6 is 11.3 Å². The lowest BCUT2D eigenvalue weighted by molar-refractivity contribution is 1.62. The number of rotatable bonds is 3. The third-order valence-electron chi connectivity index (χ3n) is 8.85. The molecule has 200 valence electrons. The smallest absolute Gasteiger partial charge is 0.0355 e. The number of thiophene rings is 1. The highest BCUT2D eigenvalue weighted by atomic mass is 32.1. The van der Waals surface area contributed by atoms with Gasteiger partial charge in [-0.05, 0) is 102 Å². The Morgan fingerprint density at radius 2 is 0.628 bits per heavy atom. The molecule has 0 unspecified atom stereocenters. The van der Waals surface area contributed by atoms with Crippen molar-refractivity contribution in [2.45, 2.75) is 0 Å². The van der Waals surface area contributed by atoms with E-state index in [1.807, 2.05) is 11.3 Å². The molecular formula is C42H26S. The molecule has 0 radical (unpaired) electrons. The van der Waals surface area contributed by atoms with Gasteiger partial charge in [-0.15, -0.1) is 11.3 Å². The molecule has 0 N–H and O–H groups in total. The molecule has 1 heteroatoms. The number of hydrogen-bond donors (Lipinski definition) is 0. The number of benzene rings is 8. The van der Waals surface area contributed by atoms with E-state index in [2.05, 4.69) is 158 Å². The predicted octanol–water partition coefficient (Wildman–Crippen LogP) is 12.5. The third kappa shape index (κ3) is 3.97. The Labute approximate surface area is 254 Å². The van der Waals surface area contributed by atoms with Crippen LogP contribution in [0, 0.1) is 0 Å². The van der Waals surface area contributed by atoms with Gasteiger partial charge in [-0.2, -0.15) is 0 Å². The van der Waals surface area contributed by atoms with Gasteiger partial charge >= 0.3 is 0 Å². The van der Waals surface area contributed by atoms with Crippen molar-refractivity contribution in [1.29, 1.82) is 0 Å². The fourth-order valence-corrected chi connectivity index (χ4v) is 7.80. The molecule has 9 rings (SSSR count). The minimum Gasteiger partial charge on any atom is -0.135 e. The van der Waals surface area contributed by atoms with Crippen LogP contribution in [0.4, 0.5) is 0 Å². The summed E-state index contributed by atoms with van der Waals surface area (Å²) in [6.45, 7) is 0. The van der Waals surface area contributed by atoms with Gasteiger partial charge in [0, 0.05) is 20.2 Å². The van der Waals surface area contributed by atoms with Crippen LogP contribution in [0.3, 0.4) is 0 Å². The van der Waals surface area contributed by atoms with E-state index in [9.17, 15) is 0 Å². The Morgan fingerprint density at radius 3 is 1.21 bits per heavy atom. The summed E-state index contributed by atoms with van der Waals surface area (Å²) < 4.78 is 2.66. The molecular weight excluding hydrogens is 537 g/mol. The van der Waals surface area contributed by atoms with Gasteiger partial charge < -0.3 is 0 Å². The van der Waals surface area contributed by atoms with Crippen LogP contribution in [0.15, 0.2) is 158 Å². The molecule has 0 nitrogen and oxygen atoms in total.